The van der Waals surface area contributed by atoms with Gasteiger partial charge in [0, 0.05) is 43.0 Å². The Morgan fingerprint density at radius 2 is 2.33 bits per heavy atom. The lowest BCUT2D eigenvalue weighted by atomic mass is 10.2. The lowest BCUT2D eigenvalue weighted by Crippen LogP contribution is -2.27. The van der Waals surface area contributed by atoms with E-state index in [1.807, 2.05) is 24.5 Å². The third-order valence-corrected chi connectivity index (χ3v) is 3.91. The van der Waals surface area contributed by atoms with Gasteiger partial charge in [0.25, 0.3) is 0 Å². The maximum atomic E-state index is 5.15. The maximum absolute atomic E-state index is 5.15. The number of methoxy groups -OCH3 is 1. The zero-order valence-corrected chi connectivity index (χ0v) is 12.5. The molecule has 0 radical (unpaired) electrons. The van der Waals surface area contributed by atoms with Crippen LogP contribution in [-0.2, 0) is 17.8 Å². The minimum absolute atomic E-state index is 0.764. The molecule has 0 fully saturated rings. The molecule has 0 aliphatic carbocycles. The molecule has 0 bridgehead atoms. The van der Waals surface area contributed by atoms with E-state index in [-0.39, 0.29) is 0 Å². The summed E-state index contributed by atoms with van der Waals surface area (Å²) < 4.78 is 5.15. The molecule has 0 unspecified atom stereocenters. The molecule has 18 heavy (non-hydrogen) atoms. The van der Waals surface area contributed by atoms with Crippen LogP contribution >= 0.6 is 11.3 Å². The maximum Gasteiger partial charge on any atom is 0.0589 e. The molecular weight excluding hydrogens is 244 g/mol. The number of hydrogen-bond acceptors (Lipinski definition) is 4. The Hall–Kier alpha value is -0.680. The second-order valence-corrected chi connectivity index (χ2v) is 5.68. The van der Waals surface area contributed by atoms with Crippen molar-refractivity contribution in [3.05, 3.63) is 34.0 Å². The summed E-state index contributed by atoms with van der Waals surface area (Å²) in [6, 6.07) is 2.30. The summed E-state index contributed by atoms with van der Waals surface area (Å²) in [4.78, 5) is 5.16. The van der Waals surface area contributed by atoms with E-state index in [2.05, 4.69) is 29.8 Å². The molecule has 0 aromatic carbocycles. The summed E-state index contributed by atoms with van der Waals surface area (Å²) in [5.41, 5.74) is 1.42. The standard InChI is InChI=1S/C14H24N2OS/c1-5-6-16(7-8-17-4)11-13-9-14(10-15-3)18-12(13)2/h5,9,15H,1,6-8,10-11H2,2-4H3. The van der Waals surface area contributed by atoms with Gasteiger partial charge in [-0.05, 0) is 25.6 Å². The van der Waals surface area contributed by atoms with Gasteiger partial charge in [-0.15, -0.1) is 17.9 Å². The Kier molecular flexibility index (Phi) is 7.20. The van der Waals surface area contributed by atoms with Crippen LogP contribution in [0.4, 0.5) is 0 Å². The number of rotatable bonds is 9. The average Bonchev–Trinajstić information content (AvgIpc) is 2.67. The quantitative estimate of drug-likeness (QED) is 0.696. The number of aryl methyl sites for hydroxylation is 1. The van der Waals surface area contributed by atoms with Crippen molar-refractivity contribution in [2.24, 2.45) is 0 Å². The van der Waals surface area contributed by atoms with Crippen molar-refractivity contribution in [3.8, 4) is 0 Å². The fraction of sp³-hybridized carbons (Fsp3) is 0.571. The van der Waals surface area contributed by atoms with Crippen LogP contribution in [0, 0.1) is 6.92 Å². The number of nitrogens with zero attached hydrogens (tertiary/aromatic N) is 1. The molecule has 1 aromatic heterocycles. The fourth-order valence-electron chi connectivity index (χ4n) is 1.88. The van der Waals surface area contributed by atoms with Crippen LogP contribution in [-0.4, -0.2) is 38.8 Å². The van der Waals surface area contributed by atoms with Crippen LogP contribution < -0.4 is 5.32 Å². The molecule has 0 aliphatic heterocycles. The predicted octanol–water partition coefficient (Wildman–Crippen LogP) is 2.41. The van der Waals surface area contributed by atoms with E-state index in [0.29, 0.717) is 0 Å². The van der Waals surface area contributed by atoms with Crippen LogP contribution in [0.3, 0.4) is 0 Å². The summed E-state index contributed by atoms with van der Waals surface area (Å²) in [7, 11) is 3.73. The van der Waals surface area contributed by atoms with Crippen molar-refractivity contribution in [1.82, 2.24) is 10.2 Å². The Bertz CT molecular complexity index is 363. The van der Waals surface area contributed by atoms with Gasteiger partial charge in [-0.2, -0.15) is 0 Å². The number of thiophene rings is 1. The van der Waals surface area contributed by atoms with Crippen LogP contribution in [0.2, 0.25) is 0 Å². The molecule has 0 saturated heterocycles. The Morgan fingerprint density at radius 1 is 1.56 bits per heavy atom. The minimum atomic E-state index is 0.764. The minimum Gasteiger partial charge on any atom is -0.383 e. The lowest BCUT2D eigenvalue weighted by molar-refractivity contribution is 0.151. The highest BCUT2D eigenvalue weighted by atomic mass is 32.1. The molecule has 1 aromatic rings. The highest BCUT2D eigenvalue weighted by Gasteiger charge is 2.09. The third-order valence-electron chi connectivity index (χ3n) is 2.82. The van der Waals surface area contributed by atoms with Gasteiger partial charge in [0.2, 0.25) is 0 Å². The molecule has 1 N–H and O–H groups in total. The molecule has 0 aliphatic rings. The van der Waals surface area contributed by atoms with Gasteiger partial charge < -0.3 is 10.1 Å². The molecule has 4 heteroatoms. The van der Waals surface area contributed by atoms with E-state index in [0.717, 1.165) is 32.8 Å². The topological polar surface area (TPSA) is 24.5 Å². The van der Waals surface area contributed by atoms with E-state index in [4.69, 9.17) is 4.74 Å². The highest BCUT2D eigenvalue weighted by Crippen LogP contribution is 2.22. The van der Waals surface area contributed by atoms with E-state index in [1.165, 1.54) is 15.3 Å². The molecule has 1 heterocycles. The van der Waals surface area contributed by atoms with E-state index < -0.39 is 0 Å². The van der Waals surface area contributed by atoms with Gasteiger partial charge in [0.05, 0.1) is 6.61 Å². The molecule has 0 spiro atoms. The van der Waals surface area contributed by atoms with Gasteiger partial charge in [-0.1, -0.05) is 6.08 Å². The molecule has 0 amide bonds. The zero-order valence-electron chi connectivity index (χ0n) is 11.7. The summed E-state index contributed by atoms with van der Waals surface area (Å²) in [6.45, 7) is 10.5. The Morgan fingerprint density at radius 3 is 2.94 bits per heavy atom. The second kappa shape index (κ2) is 8.43. The molecule has 102 valence electrons. The molecule has 3 nitrogen and oxygen atoms in total. The summed E-state index contributed by atoms with van der Waals surface area (Å²) >= 11 is 1.88. The van der Waals surface area contributed by atoms with E-state index >= 15 is 0 Å². The lowest BCUT2D eigenvalue weighted by Gasteiger charge is -2.20. The van der Waals surface area contributed by atoms with Crippen molar-refractivity contribution in [2.75, 3.05) is 33.9 Å². The largest absolute Gasteiger partial charge is 0.383 e. The van der Waals surface area contributed by atoms with Crippen molar-refractivity contribution >= 4 is 11.3 Å². The summed E-state index contributed by atoms with van der Waals surface area (Å²) in [6.07, 6.45) is 1.95. The van der Waals surface area contributed by atoms with Crippen LogP contribution in [0.5, 0.6) is 0 Å². The zero-order chi connectivity index (χ0) is 13.4. The Balaban J connectivity index is 2.63. The summed E-state index contributed by atoms with van der Waals surface area (Å²) in [5, 5.41) is 3.20. The summed E-state index contributed by atoms with van der Waals surface area (Å²) in [5.74, 6) is 0. The molecular formula is C14H24N2OS. The average molecular weight is 268 g/mol. The van der Waals surface area contributed by atoms with Crippen molar-refractivity contribution < 1.29 is 4.74 Å². The first-order chi connectivity index (χ1) is 8.71. The van der Waals surface area contributed by atoms with Gasteiger partial charge in [-0.3, -0.25) is 4.90 Å². The molecule has 1 rings (SSSR count). The monoisotopic (exact) mass is 268 g/mol. The SMILES string of the molecule is C=CCN(CCOC)Cc1cc(CNC)sc1C. The normalized spacial score (nSPS) is 11.1. The van der Waals surface area contributed by atoms with E-state index in [1.54, 1.807) is 7.11 Å². The second-order valence-electron chi connectivity index (χ2n) is 4.34. The first-order valence-electron chi connectivity index (χ1n) is 6.26. The number of nitrogens with one attached hydrogen (secondary N) is 1. The fourth-order valence-corrected chi connectivity index (χ4v) is 2.95. The van der Waals surface area contributed by atoms with Crippen molar-refractivity contribution in [1.29, 1.82) is 0 Å². The van der Waals surface area contributed by atoms with Crippen LogP contribution in [0.15, 0.2) is 18.7 Å². The van der Waals surface area contributed by atoms with Gasteiger partial charge in [0.15, 0.2) is 0 Å². The first-order valence-corrected chi connectivity index (χ1v) is 7.07. The first kappa shape index (κ1) is 15.4. The molecule has 0 atom stereocenters. The van der Waals surface area contributed by atoms with Gasteiger partial charge in [-0.25, -0.2) is 0 Å². The predicted molar refractivity (Wildman–Crippen MR) is 79.2 cm³/mol. The van der Waals surface area contributed by atoms with Crippen molar-refractivity contribution in [3.63, 3.8) is 0 Å². The van der Waals surface area contributed by atoms with Crippen molar-refractivity contribution in [2.45, 2.75) is 20.0 Å². The number of ether oxygens (including phenoxy) is 1. The Labute approximate surface area is 114 Å². The third kappa shape index (κ3) is 4.90. The van der Waals surface area contributed by atoms with Gasteiger partial charge in [0.1, 0.15) is 0 Å². The highest BCUT2D eigenvalue weighted by molar-refractivity contribution is 7.12. The smallest absolute Gasteiger partial charge is 0.0589 e. The number of hydrogen-bond donors (Lipinski definition) is 1. The van der Waals surface area contributed by atoms with E-state index in [9.17, 15) is 0 Å². The van der Waals surface area contributed by atoms with Crippen LogP contribution in [0.25, 0.3) is 0 Å². The van der Waals surface area contributed by atoms with Gasteiger partial charge >= 0.3 is 0 Å². The van der Waals surface area contributed by atoms with Crippen LogP contribution in [0.1, 0.15) is 15.3 Å². The molecule has 0 saturated carbocycles.